The molecule has 1 amide bonds. The van der Waals surface area contributed by atoms with E-state index in [1.165, 1.54) is 6.08 Å². The molecule has 2 rings (SSSR count). The van der Waals surface area contributed by atoms with Gasteiger partial charge in [0, 0.05) is 11.6 Å². The second kappa shape index (κ2) is 4.78. The molecule has 0 bridgehead atoms. The number of carbonyl (C=O) groups is 1. The third kappa shape index (κ3) is 2.18. The largest absolute Gasteiger partial charge is 0.322 e. The Morgan fingerprint density at radius 1 is 1.47 bits per heavy atom. The van der Waals surface area contributed by atoms with Gasteiger partial charge in [-0.15, -0.1) is 0 Å². The van der Waals surface area contributed by atoms with Crippen LogP contribution in [0.2, 0.25) is 0 Å². The highest BCUT2D eigenvalue weighted by atomic mass is 16.1. The summed E-state index contributed by atoms with van der Waals surface area (Å²) < 4.78 is 0. The van der Waals surface area contributed by atoms with Gasteiger partial charge < -0.3 is 5.32 Å². The Morgan fingerprint density at radius 2 is 2.29 bits per heavy atom. The Labute approximate surface area is 100 Å². The lowest BCUT2D eigenvalue weighted by atomic mass is 10.1. The van der Waals surface area contributed by atoms with Crippen LogP contribution in [-0.4, -0.2) is 10.9 Å². The van der Waals surface area contributed by atoms with Gasteiger partial charge in [-0.3, -0.25) is 9.78 Å². The van der Waals surface area contributed by atoms with E-state index in [1.807, 2.05) is 24.3 Å². The molecule has 1 aromatic carbocycles. The predicted octanol–water partition coefficient (Wildman–Crippen LogP) is 2.92. The molecule has 0 atom stereocenters. The van der Waals surface area contributed by atoms with E-state index in [0.29, 0.717) is 0 Å². The molecule has 1 heterocycles. The number of fused-ring (bicyclic) bond motifs is 1. The van der Waals surface area contributed by atoms with Crippen LogP contribution in [0, 0.1) is 0 Å². The van der Waals surface area contributed by atoms with Crippen LogP contribution in [-0.2, 0) is 11.2 Å². The summed E-state index contributed by atoms with van der Waals surface area (Å²) in [6, 6.07) is 7.79. The van der Waals surface area contributed by atoms with E-state index in [2.05, 4.69) is 23.8 Å². The van der Waals surface area contributed by atoms with Crippen molar-refractivity contribution in [3.05, 3.63) is 48.7 Å². The number of rotatable bonds is 3. The van der Waals surface area contributed by atoms with Gasteiger partial charge in [-0.2, -0.15) is 0 Å². The molecule has 0 spiro atoms. The Kier molecular flexibility index (Phi) is 3.19. The van der Waals surface area contributed by atoms with Gasteiger partial charge in [0.1, 0.15) is 0 Å². The lowest BCUT2D eigenvalue weighted by Crippen LogP contribution is -2.09. The molecule has 1 aromatic heterocycles. The minimum absolute atomic E-state index is 0.198. The first-order chi connectivity index (χ1) is 8.26. The molecule has 86 valence electrons. The Balaban J connectivity index is 2.62. The molecular weight excluding hydrogens is 212 g/mol. The molecule has 0 aliphatic heterocycles. The van der Waals surface area contributed by atoms with E-state index < -0.39 is 0 Å². The average Bonchev–Trinajstić information content (AvgIpc) is 2.39. The first kappa shape index (κ1) is 11.3. The number of benzene rings is 1. The molecular formula is C14H14N2O. The van der Waals surface area contributed by atoms with E-state index in [4.69, 9.17) is 0 Å². The van der Waals surface area contributed by atoms with Crippen molar-refractivity contribution in [1.29, 1.82) is 0 Å². The van der Waals surface area contributed by atoms with Crippen LogP contribution >= 0.6 is 0 Å². The number of aryl methyl sites for hydroxylation is 1. The highest BCUT2D eigenvalue weighted by Crippen LogP contribution is 2.26. The number of hydrogen-bond acceptors (Lipinski definition) is 2. The van der Waals surface area contributed by atoms with Gasteiger partial charge in [-0.25, -0.2) is 0 Å². The zero-order valence-electron chi connectivity index (χ0n) is 9.73. The lowest BCUT2D eigenvalue weighted by Gasteiger charge is -2.11. The summed E-state index contributed by atoms with van der Waals surface area (Å²) in [5, 5.41) is 3.82. The standard InChI is InChI=1S/C14H14N2O/c1-3-10-7-8-12-11(6-5-9-15-12)14(10)16-13(17)4-2/h4-9H,2-3H2,1H3,(H,16,17). The molecule has 17 heavy (non-hydrogen) atoms. The highest BCUT2D eigenvalue weighted by molar-refractivity contribution is 6.06. The van der Waals surface area contributed by atoms with Crippen LogP contribution in [0.25, 0.3) is 10.9 Å². The van der Waals surface area contributed by atoms with Gasteiger partial charge >= 0.3 is 0 Å². The fourth-order valence-electron chi connectivity index (χ4n) is 1.81. The molecule has 2 aromatic rings. The summed E-state index contributed by atoms with van der Waals surface area (Å²) in [4.78, 5) is 15.7. The molecule has 0 radical (unpaired) electrons. The van der Waals surface area contributed by atoms with Crippen molar-refractivity contribution in [2.24, 2.45) is 0 Å². The minimum Gasteiger partial charge on any atom is -0.322 e. The highest BCUT2D eigenvalue weighted by Gasteiger charge is 2.08. The quantitative estimate of drug-likeness (QED) is 0.817. The minimum atomic E-state index is -0.198. The zero-order valence-corrected chi connectivity index (χ0v) is 9.73. The number of nitrogens with zero attached hydrogens (tertiary/aromatic N) is 1. The average molecular weight is 226 g/mol. The molecule has 0 aliphatic carbocycles. The van der Waals surface area contributed by atoms with Gasteiger partial charge in [0.15, 0.2) is 0 Å². The molecule has 0 unspecified atom stereocenters. The van der Waals surface area contributed by atoms with Crippen molar-refractivity contribution < 1.29 is 4.79 Å². The Bertz CT molecular complexity index is 575. The van der Waals surface area contributed by atoms with Crippen LogP contribution in [0.4, 0.5) is 5.69 Å². The van der Waals surface area contributed by atoms with E-state index in [0.717, 1.165) is 28.6 Å². The smallest absolute Gasteiger partial charge is 0.247 e. The molecule has 3 heteroatoms. The second-order valence-corrected chi connectivity index (χ2v) is 3.72. The van der Waals surface area contributed by atoms with Crippen molar-refractivity contribution >= 4 is 22.5 Å². The number of pyridine rings is 1. The maximum absolute atomic E-state index is 11.4. The number of hydrogen-bond donors (Lipinski definition) is 1. The van der Waals surface area contributed by atoms with Crippen molar-refractivity contribution in [2.75, 3.05) is 5.32 Å². The van der Waals surface area contributed by atoms with Crippen LogP contribution in [0.1, 0.15) is 12.5 Å². The first-order valence-corrected chi connectivity index (χ1v) is 5.56. The summed E-state index contributed by atoms with van der Waals surface area (Å²) in [5.41, 5.74) is 2.81. The van der Waals surface area contributed by atoms with Crippen LogP contribution in [0.5, 0.6) is 0 Å². The van der Waals surface area contributed by atoms with Gasteiger partial charge in [0.05, 0.1) is 11.2 Å². The fraction of sp³-hybridized carbons (Fsp3) is 0.143. The first-order valence-electron chi connectivity index (χ1n) is 5.56. The fourth-order valence-corrected chi connectivity index (χ4v) is 1.81. The van der Waals surface area contributed by atoms with E-state index in [-0.39, 0.29) is 5.91 Å². The van der Waals surface area contributed by atoms with Crippen molar-refractivity contribution in [2.45, 2.75) is 13.3 Å². The molecule has 0 saturated carbocycles. The Hall–Kier alpha value is -2.16. The lowest BCUT2D eigenvalue weighted by molar-refractivity contribution is -0.111. The predicted molar refractivity (Wildman–Crippen MR) is 69.9 cm³/mol. The number of anilines is 1. The molecule has 0 fully saturated rings. The summed E-state index contributed by atoms with van der Waals surface area (Å²) in [6.07, 6.45) is 3.87. The third-order valence-corrected chi connectivity index (χ3v) is 2.69. The van der Waals surface area contributed by atoms with Crippen LogP contribution in [0.15, 0.2) is 43.1 Å². The summed E-state index contributed by atoms with van der Waals surface area (Å²) in [7, 11) is 0. The van der Waals surface area contributed by atoms with Crippen molar-refractivity contribution in [3.63, 3.8) is 0 Å². The number of nitrogens with one attached hydrogen (secondary N) is 1. The normalized spacial score (nSPS) is 10.2. The van der Waals surface area contributed by atoms with Crippen molar-refractivity contribution in [1.82, 2.24) is 4.98 Å². The molecule has 0 aliphatic rings. The Morgan fingerprint density at radius 3 is 3.00 bits per heavy atom. The third-order valence-electron chi connectivity index (χ3n) is 2.69. The van der Waals surface area contributed by atoms with Gasteiger partial charge in [-0.1, -0.05) is 19.6 Å². The number of amides is 1. The molecule has 3 nitrogen and oxygen atoms in total. The van der Waals surface area contributed by atoms with Crippen LogP contribution in [0.3, 0.4) is 0 Å². The summed E-state index contributed by atoms with van der Waals surface area (Å²) >= 11 is 0. The molecule has 0 saturated heterocycles. The number of carbonyl (C=O) groups excluding carboxylic acids is 1. The zero-order chi connectivity index (χ0) is 12.3. The topological polar surface area (TPSA) is 42.0 Å². The van der Waals surface area contributed by atoms with E-state index >= 15 is 0 Å². The van der Waals surface area contributed by atoms with Gasteiger partial charge in [-0.05, 0) is 36.3 Å². The van der Waals surface area contributed by atoms with Crippen molar-refractivity contribution in [3.8, 4) is 0 Å². The molecule has 1 N–H and O–H groups in total. The second-order valence-electron chi connectivity index (χ2n) is 3.72. The van der Waals surface area contributed by atoms with E-state index in [9.17, 15) is 4.79 Å². The van der Waals surface area contributed by atoms with Gasteiger partial charge in [0.25, 0.3) is 0 Å². The maximum Gasteiger partial charge on any atom is 0.247 e. The van der Waals surface area contributed by atoms with E-state index in [1.54, 1.807) is 6.20 Å². The van der Waals surface area contributed by atoms with Crippen LogP contribution < -0.4 is 5.32 Å². The summed E-state index contributed by atoms with van der Waals surface area (Å²) in [6.45, 7) is 5.52. The van der Waals surface area contributed by atoms with Gasteiger partial charge in [0.2, 0.25) is 5.91 Å². The monoisotopic (exact) mass is 226 g/mol. The summed E-state index contributed by atoms with van der Waals surface area (Å²) in [5.74, 6) is -0.198. The maximum atomic E-state index is 11.4. The SMILES string of the molecule is C=CC(=O)Nc1c(CC)ccc2ncccc12. The number of aromatic nitrogens is 1.